The van der Waals surface area contributed by atoms with Gasteiger partial charge in [0.1, 0.15) is 0 Å². The second-order valence-electron chi connectivity index (χ2n) is 6.18. The minimum absolute atomic E-state index is 0.216. The van der Waals surface area contributed by atoms with Gasteiger partial charge < -0.3 is 11.1 Å². The number of hydrogen-bond donors (Lipinski definition) is 2. The van der Waals surface area contributed by atoms with Crippen LogP contribution in [0.25, 0.3) is 0 Å². The van der Waals surface area contributed by atoms with Crippen molar-refractivity contribution in [2.45, 2.75) is 48.0 Å². The second-order valence-corrected chi connectivity index (χ2v) is 6.18. The van der Waals surface area contributed by atoms with E-state index in [0.29, 0.717) is 0 Å². The maximum Gasteiger partial charge on any atom is 0.0404 e. The highest BCUT2D eigenvalue weighted by atomic mass is 14.9. The van der Waals surface area contributed by atoms with Crippen molar-refractivity contribution in [1.82, 2.24) is 0 Å². The van der Waals surface area contributed by atoms with Gasteiger partial charge in [0.05, 0.1) is 0 Å². The fourth-order valence-corrected chi connectivity index (χ4v) is 2.11. The number of nitrogens with one attached hydrogen (secondary N) is 1. The van der Waals surface area contributed by atoms with Crippen molar-refractivity contribution >= 4 is 5.69 Å². The summed E-state index contributed by atoms with van der Waals surface area (Å²) in [4.78, 5) is 0. The van der Waals surface area contributed by atoms with Crippen molar-refractivity contribution in [3.05, 3.63) is 28.3 Å². The van der Waals surface area contributed by atoms with Crippen LogP contribution in [0.5, 0.6) is 0 Å². The normalized spacial score (nSPS) is 11.7. The lowest BCUT2D eigenvalue weighted by molar-refractivity contribution is 0.358. The average Bonchev–Trinajstić information content (AvgIpc) is 2.31. The Kier molecular flexibility index (Phi) is 4.80. The molecule has 102 valence electrons. The summed E-state index contributed by atoms with van der Waals surface area (Å²) >= 11 is 0. The predicted octanol–water partition coefficient (Wildman–Crippen LogP) is 3.71. The molecule has 1 rings (SSSR count). The molecule has 0 saturated carbocycles. The maximum atomic E-state index is 5.77. The van der Waals surface area contributed by atoms with Crippen LogP contribution in [0.15, 0.2) is 6.07 Å². The van der Waals surface area contributed by atoms with Crippen molar-refractivity contribution in [2.75, 3.05) is 18.4 Å². The average molecular weight is 248 g/mol. The van der Waals surface area contributed by atoms with Gasteiger partial charge in [0.15, 0.2) is 0 Å². The Balaban J connectivity index is 2.80. The van der Waals surface area contributed by atoms with E-state index < -0.39 is 0 Å². The quantitative estimate of drug-likeness (QED) is 0.833. The van der Waals surface area contributed by atoms with Crippen LogP contribution in [0.4, 0.5) is 5.69 Å². The largest absolute Gasteiger partial charge is 0.385 e. The predicted molar refractivity (Wildman–Crippen MR) is 81.3 cm³/mol. The molecule has 0 fully saturated rings. The van der Waals surface area contributed by atoms with Crippen molar-refractivity contribution in [3.8, 4) is 0 Å². The lowest BCUT2D eigenvalue weighted by atomic mass is 9.89. The summed E-state index contributed by atoms with van der Waals surface area (Å²) in [5, 5.41) is 3.60. The Hall–Kier alpha value is -1.02. The molecule has 0 aromatic heterocycles. The highest BCUT2D eigenvalue weighted by molar-refractivity contribution is 5.62. The van der Waals surface area contributed by atoms with Crippen LogP contribution in [0, 0.1) is 33.1 Å². The third-order valence-electron chi connectivity index (χ3n) is 4.02. The Labute approximate surface area is 112 Å². The van der Waals surface area contributed by atoms with Gasteiger partial charge in [-0.15, -0.1) is 0 Å². The summed E-state index contributed by atoms with van der Waals surface area (Å²) in [7, 11) is 0. The summed E-state index contributed by atoms with van der Waals surface area (Å²) in [5.74, 6) is 0. The fourth-order valence-electron chi connectivity index (χ4n) is 2.11. The first-order valence-corrected chi connectivity index (χ1v) is 6.80. The van der Waals surface area contributed by atoms with Gasteiger partial charge in [-0.3, -0.25) is 0 Å². The van der Waals surface area contributed by atoms with Gasteiger partial charge in [0.2, 0.25) is 0 Å². The third kappa shape index (κ3) is 3.49. The molecular formula is C16H28N2. The lowest BCUT2D eigenvalue weighted by Crippen LogP contribution is -2.26. The van der Waals surface area contributed by atoms with E-state index in [9.17, 15) is 0 Å². The monoisotopic (exact) mass is 248 g/mol. The van der Waals surface area contributed by atoms with E-state index in [0.717, 1.165) is 19.5 Å². The van der Waals surface area contributed by atoms with Crippen LogP contribution < -0.4 is 11.1 Å². The molecule has 0 radical (unpaired) electrons. The van der Waals surface area contributed by atoms with Crippen LogP contribution in [-0.2, 0) is 0 Å². The van der Waals surface area contributed by atoms with Crippen molar-refractivity contribution in [3.63, 3.8) is 0 Å². The molecule has 0 unspecified atom stereocenters. The topological polar surface area (TPSA) is 38.0 Å². The molecular weight excluding hydrogens is 220 g/mol. The molecule has 2 nitrogen and oxygen atoms in total. The van der Waals surface area contributed by atoms with E-state index in [1.165, 1.54) is 27.9 Å². The molecule has 0 heterocycles. The Morgan fingerprint density at radius 1 is 1.06 bits per heavy atom. The zero-order valence-electron chi connectivity index (χ0n) is 12.8. The maximum absolute atomic E-state index is 5.77. The van der Waals surface area contributed by atoms with Crippen molar-refractivity contribution in [1.29, 1.82) is 0 Å². The van der Waals surface area contributed by atoms with Crippen molar-refractivity contribution < 1.29 is 0 Å². The van der Waals surface area contributed by atoms with Gasteiger partial charge in [0.25, 0.3) is 0 Å². The molecule has 0 aliphatic heterocycles. The summed E-state index contributed by atoms with van der Waals surface area (Å²) in [6.45, 7) is 14.9. The Morgan fingerprint density at radius 2 is 1.56 bits per heavy atom. The number of aryl methyl sites for hydroxylation is 2. The summed E-state index contributed by atoms with van der Waals surface area (Å²) in [5.41, 5.74) is 12.7. The van der Waals surface area contributed by atoms with E-state index in [1.807, 2.05) is 0 Å². The van der Waals surface area contributed by atoms with Gasteiger partial charge in [0, 0.05) is 12.2 Å². The van der Waals surface area contributed by atoms with Crippen LogP contribution in [0.3, 0.4) is 0 Å². The molecule has 2 heteroatoms. The molecule has 0 amide bonds. The molecule has 0 saturated heterocycles. The van der Waals surface area contributed by atoms with Crippen LogP contribution in [-0.4, -0.2) is 13.1 Å². The minimum atomic E-state index is 0.216. The smallest absolute Gasteiger partial charge is 0.0404 e. The van der Waals surface area contributed by atoms with Gasteiger partial charge >= 0.3 is 0 Å². The van der Waals surface area contributed by atoms with E-state index in [-0.39, 0.29) is 5.41 Å². The lowest BCUT2D eigenvalue weighted by Gasteiger charge is -2.24. The fraction of sp³-hybridized carbons (Fsp3) is 0.625. The first-order chi connectivity index (χ1) is 8.28. The molecule has 18 heavy (non-hydrogen) atoms. The standard InChI is InChI=1S/C16H28N2/c1-11-9-12(2)14(4)15(13(11)3)18-8-7-16(5,6)10-17/h9,18H,7-8,10,17H2,1-6H3. The summed E-state index contributed by atoms with van der Waals surface area (Å²) in [6, 6.07) is 2.26. The van der Waals surface area contributed by atoms with E-state index in [1.54, 1.807) is 0 Å². The van der Waals surface area contributed by atoms with Gasteiger partial charge in [-0.1, -0.05) is 19.9 Å². The Bertz CT molecular complexity index is 393. The van der Waals surface area contributed by atoms with Crippen LogP contribution in [0.1, 0.15) is 42.5 Å². The highest BCUT2D eigenvalue weighted by Gasteiger charge is 2.15. The van der Waals surface area contributed by atoms with Gasteiger partial charge in [-0.25, -0.2) is 0 Å². The molecule has 3 N–H and O–H groups in total. The molecule has 1 aromatic carbocycles. The van der Waals surface area contributed by atoms with Crippen LogP contribution >= 0.6 is 0 Å². The zero-order chi connectivity index (χ0) is 13.9. The number of benzene rings is 1. The van der Waals surface area contributed by atoms with E-state index >= 15 is 0 Å². The number of rotatable bonds is 5. The molecule has 1 aromatic rings. The first-order valence-electron chi connectivity index (χ1n) is 6.80. The minimum Gasteiger partial charge on any atom is -0.385 e. The molecule has 0 bridgehead atoms. The van der Waals surface area contributed by atoms with E-state index in [4.69, 9.17) is 5.73 Å². The number of nitrogens with two attached hydrogens (primary N) is 1. The zero-order valence-corrected chi connectivity index (χ0v) is 12.8. The van der Waals surface area contributed by atoms with Gasteiger partial charge in [-0.2, -0.15) is 0 Å². The van der Waals surface area contributed by atoms with Crippen LogP contribution in [0.2, 0.25) is 0 Å². The molecule has 0 aliphatic rings. The Morgan fingerprint density at radius 3 is 2.00 bits per heavy atom. The SMILES string of the molecule is Cc1cc(C)c(C)c(NCCC(C)(C)CN)c1C. The van der Waals surface area contributed by atoms with E-state index in [2.05, 4.69) is 52.9 Å². The van der Waals surface area contributed by atoms with Crippen molar-refractivity contribution in [2.24, 2.45) is 11.1 Å². The molecule has 0 spiro atoms. The summed E-state index contributed by atoms with van der Waals surface area (Å²) in [6.07, 6.45) is 1.09. The number of hydrogen-bond acceptors (Lipinski definition) is 2. The van der Waals surface area contributed by atoms with Gasteiger partial charge in [-0.05, 0) is 68.3 Å². The summed E-state index contributed by atoms with van der Waals surface area (Å²) < 4.78 is 0. The number of anilines is 1. The second kappa shape index (κ2) is 5.75. The third-order valence-corrected chi connectivity index (χ3v) is 4.02. The molecule has 0 aliphatic carbocycles. The highest BCUT2D eigenvalue weighted by Crippen LogP contribution is 2.27. The molecule has 0 atom stereocenters. The first kappa shape index (κ1) is 15.0.